The third-order valence-electron chi connectivity index (χ3n) is 4.10. The maximum Gasteiger partial charge on any atom is 0.248 e. The highest BCUT2D eigenvalue weighted by atomic mass is 19.1. The van der Waals surface area contributed by atoms with Gasteiger partial charge < -0.3 is 15.3 Å². The fraction of sp³-hybridized carbons (Fsp3) is 0.529. The van der Waals surface area contributed by atoms with Gasteiger partial charge >= 0.3 is 0 Å². The molecule has 0 aromatic heterocycles. The Morgan fingerprint density at radius 3 is 2.38 bits per heavy atom. The summed E-state index contributed by atoms with van der Waals surface area (Å²) in [6.07, 6.45) is 0.425. The van der Waals surface area contributed by atoms with Gasteiger partial charge in [0.2, 0.25) is 11.8 Å². The van der Waals surface area contributed by atoms with E-state index in [2.05, 4.69) is 5.32 Å². The van der Waals surface area contributed by atoms with Crippen LogP contribution in [-0.2, 0) is 16.1 Å². The standard InChI is InChI=1S/C17H22F2N2O3/c1-3-21(9-12-13(18)5-4-6-14(12)19)17(24)15(10(2)22)20-16(23)11-7-8-11/h4-6,10-11,15,22H,3,7-9H2,1-2H3,(H,20,23). The molecule has 1 aromatic rings. The van der Waals surface area contributed by atoms with Crippen LogP contribution in [0.3, 0.4) is 0 Å². The summed E-state index contributed by atoms with van der Waals surface area (Å²) in [5, 5.41) is 12.4. The van der Waals surface area contributed by atoms with Crippen LogP contribution in [0.25, 0.3) is 0 Å². The number of hydrogen-bond acceptors (Lipinski definition) is 3. The minimum absolute atomic E-state index is 0.113. The molecule has 2 N–H and O–H groups in total. The van der Waals surface area contributed by atoms with E-state index >= 15 is 0 Å². The lowest BCUT2D eigenvalue weighted by atomic mass is 10.1. The zero-order valence-electron chi connectivity index (χ0n) is 13.8. The highest BCUT2D eigenvalue weighted by Crippen LogP contribution is 2.29. The first-order valence-electron chi connectivity index (χ1n) is 8.05. The minimum Gasteiger partial charge on any atom is -0.391 e. The molecule has 0 spiro atoms. The van der Waals surface area contributed by atoms with Crippen LogP contribution in [0.15, 0.2) is 18.2 Å². The maximum absolute atomic E-state index is 13.8. The van der Waals surface area contributed by atoms with Crippen molar-refractivity contribution in [1.29, 1.82) is 0 Å². The van der Waals surface area contributed by atoms with Gasteiger partial charge in [-0.2, -0.15) is 0 Å². The van der Waals surface area contributed by atoms with Crippen molar-refractivity contribution in [2.24, 2.45) is 5.92 Å². The number of amides is 2. The Hall–Kier alpha value is -2.02. The Morgan fingerprint density at radius 1 is 1.33 bits per heavy atom. The zero-order valence-corrected chi connectivity index (χ0v) is 13.8. The van der Waals surface area contributed by atoms with Gasteiger partial charge in [0.1, 0.15) is 17.7 Å². The molecule has 2 unspecified atom stereocenters. The average Bonchev–Trinajstić information content (AvgIpc) is 3.36. The molecule has 24 heavy (non-hydrogen) atoms. The number of carbonyl (C=O) groups excluding carboxylic acids is 2. The van der Waals surface area contributed by atoms with Crippen molar-refractivity contribution >= 4 is 11.8 Å². The molecule has 1 fully saturated rings. The van der Waals surface area contributed by atoms with Crippen molar-refractivity contribution in [1.82, 2.24) is 10.2 Å². The molecule has 2 atom stereocenters. The summed E-state index contributed by atoms with van der Waals surface area (Å²) in [6, 6.07) is 2.36. The Labute approximate surface area is 139 Å². The molecule has 1 aliphatic rings. The molecule has 1 aromatic carbocycles. The van der Waals surface area contributed by atoms with Crippen LogP contribution < -0.4 is 5.32 Å². The van der Waals surface area contributed by atoms with E-state index in [1.165, 1.54) is 17.9 Å². The number of halogens is 2. The Kier molecular flexibility index (Phi) is 5.88. The number of hydrogen-bond donors (Lipinski definition) is 2. The van der Waals surface area contributed by atoms with E-state index in [9.17, 15) is 23.5 Å². The predicted octanol–water partition coefficient (Wildman–Crippen LogP) is 1.59. The fourth-order valence-electron chi connectivity index (χ4n) is 2.42. The first-order chi connectivity index (χ1) is 11.3. The number of aliphatic hydroxyl groups excluding tert-OH is 1. The molecule has 1 aliphatic carbocycles. The first-order valence-corrected chi connectivity index (χ1v) is 8.05. The van der Waals surface area contributed by atoms with E-state index in [1.54, 1.807) is 6.92 Å². The van der Waals surface area contributed by atoms with Gasteiger partial charge in [-0.15, -0.1) is 0 Å². The lowest BCUT2D eigenvalue weighted by Gasteiger charge is -2.28. The second-order valence-electron chi connectivity index (χ2n) is 6.05. The molecule has 1 saturated carbocycles. The van der Waals surface area contributed by atoms with E-state index < -0.39 is 29.7 Å². The van der Waals surface area contributed by atoms with Gasteiger partial charge in [-0.3, -0.25) is 9.59 Å². The van der Waals surface area contributed by atoms with Crippen LogP contribution in [0.1, 0.15) is 32.3 Å². The van der Waals surface area contributed by atoms with Crippen molar-refractivity contribution < 1.29 is 23.5 Å². The summed E-state index contributed by atoms with van der Waals surface area (Å²) in [5.41, 5.74) is -0.217. The van der Waals surface area contributed by atoms with Gasteiger partial charge in [-0.05, 0) is 38.8 Å². The number of nitrogens with zero attached hydrogens (tertiary/aromatic N) is 1. The molecule has 0 bridgehead atoms. The lowest BCUT2D eigenvalue weighted by Crippen LogP contribution is -2.53. The largest absolute Gasteiger partial charge is 0.391 e. The predicted molar refractivity (Wildman–Crippen MR) is 83.8 cm³/mol. The third-order valence-corrected chi connectivity index (χ3v) is 4.10. The SMILES string of the molecule is CCN(Cc1c(F)cccc1F)C(=O)C(NC(=O)C1CC1)C(C)O. The molecule has 0 aliphatic heterocycles. The molecule has 0 saturated heterocycles. The third kappa shape index (κ3) is 4.29. The quantitative estimate of drug-likeness (QED) is 0.792. The van der Waals surface area contributed by atoms with Crippen molar-refractivity contribution in [2.45, 2.75) is 45.4 Å². The Morgan fingerprint density at radius 2 is 1.92 bits per heavy atom. The molecular weight excluding hydrogens is 318 g/mol. The maximum atomic E-state index is 13.8. The number of benzene rings is 1. The van der Waals surface area contributed by atoms with Gasteiger partial charge in [0.05, 0.1) is 12.6 Å². The number of likely N-dealkylation sites (N-methyl/N-ethyl adjacent to an activating group) is 1. The highest BCUT2D eigenvalue weighted by Gasteiger charge is 2.35. The Bertz CT molecular complexity index is 598. The molecule has 7 heteroatoms. The summed E-state index contributed by atoms with van der Waals surface area (Å²) < 4.78 is 27.6. The normalized spacial score (nSPS) is 16.4. The molecule has 132 valence electrons. The molecule has 0 heterocycles. The van der Waals surface area contributed by atoms with Crippen molar-refractivity contribution in [3.05, 3.63) is 35.4 Å². The van der Waals surface area contributed by atoms with Crippen LogP contribution in [0.4, 0.5) is 8.78 Å². The summed E-state index contributed by atoms with van der Waals surface area (Å²) in [5.74, 6) is -2.43. The van der Waals surface area contributed by atoms with Crippen LogP contribution in [0.2, 0.25) is 0 Å². The zero-order chi connectivity index (χ0) is 17.9. The second-order valence-corrected chi connectivity index (χ2v) is 6.05. The van der Waals surface area contributed by atoms with Crippen molar-refractivity contribution in [3.63, 3.8) is 0 Å². The number of rotatable bonds is 7. The lowest BCUT2D eigenvalue weighted by molar-refractivity contribution is -0.140. The molecule has 0 radical (unpaired) electrons. The van der Waals surface area contributed by atoms with Gasteiger partial charge in [0, 0.05) is 18.0 Å². The average molecular weight is 340 g/mol. The summed E-state index contributed by atoms with van der Waals surface area (Å²) in [6.45, 7) is 2.98. The molecule has 2 rings (SSSR count). The fourth-order valence-corrected chi connectivity index (χ4v) is 2.42. The number of nitrogens with one attached hydrogen (secondary N) is 1. The minimum atomic E-state index is -1.13. The van der Waals surface area contributed by atoms with E-state index in [4.69, 9.17) is 0 Å². The molecule has 2 amide bonds. The summed E-state index contributed by atoms with van der Waals surface area (Å²) in [4.78, 5) is 25.7. The summed E-state index contributed by atoms with van der Waals surface area (Å²) in [7, 11) is 0. The van der Waals surface area contributed by atoms with Crippen LogP contribution in [0, 0.1) is 17.6 Å². The van der Waals surface area contributed by atoms with Crippen LogP contribution in [-0.4, -0.2) is 40.5 Å². The van der Waals surface area contributed by atoms with E-state index in [0.29, 0.717) is 0 Å². The summed E-state index contributed by atoms with van der Waals surface area (Å²) >= 11 is 0. The van der Waals surface area contributed by atoms with Crippen molar-refractivity contribution in [3.8, 4) is 0 Å². The van der Waals surface area contributed by atoms with Gasteiger partial charge in [-0.25, -0.2) is 8.78 Å². The number of carbonyl (C=O) groups is 2. The van der Waals surface area contributed by atoms with Crippen LogP contribution >= 0.6 is 0 Å². The topological polar surface area (TPSA) is 69.6 Å². The van der Waals surface area contributed by atoms with Gasteiger partial charge in [0.25, 0.3) is 0 Å². The van der Waals surface area contributed by atoms with Crippen molar-refractivity contribution in [2.75, 3.05) is 6.54 Å². The Balaban J connectivity index is 2.14. The van der Waals surface area contributed by atoms with Crippen LogP contribution in [0.5, 0.6) is 0 Å². The van der Waals surface area contributed by atoms with E-state index in [-0.39, 0.29) is 30.5 Å². The van der Waals surface area contributed by atoms with Gasteiger partial charge in [-0.1, -0.05) is 6.07 Å². The smallest absolute Gasteiger partial charge is 0.248 e. The molecule has 5 nitrogen and oxygen atoms in total. The molecular formula is C17H22F2N2O3. The highest BCUT2D eigenvalue weighted by molar-refractivity contribution is 5.89. The first kappa shape index (κ1) is 18.3. The second kappa shape index (κ2) is 7.70. The van der Waals surface area contributed by atoms with E-state index in [1.807, 2.05) is 0 Å². The number of aliphatic hydroxyl groups is 1. The van der Waals surface area contributed by atoms with E-state index in [0.717, 1.165) is 25.0 Å². The van der Waals surface area contributed by atoms with Gasteiger partial charge in [0.15, 0.2) is 0 Å². The monoisotopic (exact) mass is 340 g/mol.